The van der Waals surface area contributed by atoms with Gasteiger partial charge in [0.25, 0.3) is 0 Å². The lowest BCUT2D eigenvalue weighted by Gasteiger charge is -2.18. The van der Waals surface area contributed by atoms with Crippen LogP contribution in [0.15, 0.2) is 18.2 Å². The average molecular weight is 224 g/mol. The molecule has 4 heteroatoms. The number of halogens is 1. The highest BCUT2D eigenvalue weighted by atomic mass is 19.1. The smallest absolute Gasteiger partial charge is 0.216 e. The van der Waals surface area contributed by atoms with Crippen molar-refractivity contribution in [2.45, 2.75) is 25.3 Å². The summed E-state index contributed by atoms with van der Waals surface area (Å²) in [5.74, 6) is -0.115. The number of hydrogen-bond acceptors (Lipinski definition) is 3. The van der Waals surface area contributed by atoms with Crippen LogP contribution in [0.1, 0.15) is 19.3 Å². The van der Waals surface area contributed by atoms with Gasteiger partial charge in [-0.05, 0) is 38.9 Å². The summed E-state index contributed by atoms with van der Waals surface area (Å²) < 4.78 is 18.2. The van der Waals surface area contributed by atoms with Crippen molar-refractivity contribution < 1.29 is 9.13 Å². The van der Waals surface area contributed by atoms with Gasteiger partial charge >= 0.3 is 0 Å². The molecule has 1 aromatic heterocycles. The molecule has 3 nitrogen and oxygen atoms in total. The van der Waals surface area contributed by atoms with Gasteiger partial charge in [-0.3, -0.25) is 0 Å². The number of hydrogen-bond donors (Lipinski definition) is 0. The Bertz CT molecular complexity index is 346. The zero-order chi connectivity index (χ0) is 11.4. The summed E-state index contributed by atoms with van der Waals surface area (Å²) in [6.45, 7) is 1.77. The molecule has 0 radical (unpaired) electrons. The van der Waals surface area contributed by atoms with Crippen LogP contribution in [0.5, 0.6) is 5.88 Å². The second-order valence-corrected chi connectivity index (χ2v) is 4.21. The van der Waals surface area contributed by atoms with Gasteiger partial charge in [-0.1, -0.05) is 6.07 Å². The number of aromatic nitrogens is 1. The van der Waals surface area contributed by atoms with Gasteiger partial charge in [0.15, 0.2) is 0 Å². The Morgan fingerprint density at radius 1 is 1.56 bits per heavy atom. The van der Waals surface area contributed by atoms with Gasteiger partial charge in [0.2, 0.25) is 11.8 Å². The molecule has 1 aromatic rings. The van der Waals surface area contributed by atoms with Crippen LogP contribution in [0.3, 0.4) is 0 Å². The maximum Gasteiger partial charge on any atom is 0.216 e. The van der Waals surface area contributed by atoms with Gasteiger partial charge in [-0.2, -0.15) is 9.37 Å². The Kier molecular flexibility index (Phi) is 3.72. The Balaban J connectivity index is 1.75. The summed E-state index contributed by atoms with van der Waals surface area (Å²) >= 11 is 0. The van der Waals surface area contributed by atoms with Crippen molar-refractivity contribution in [1.29, 1.82) is 0 Å². The summed E-state index contributed by atoms with van der Waals surface area (Å²) in [4.78, 5) is 6.00. The minimum Gasteiger partial charge on any atom is -0.478 e. The fraction of sp³-hybridized carbons (Fsp3) is 0.583. The molecular formula is C12H17FN2O. The first kappa shape index (κ1) is 11.3. The van der Waals surface area contributed by atoms with Crippen LogP contribution in [0.4, 0.5) is 4.39 Å². The Hall–Kier alpha value is -1.16. The molecule has 0 N–H and O–H groups in total. The van der Waals surface area contributed by atoms with Crippen LogP contribution in [0, 0.1) is 5.95 Å². The molecule has 1 aliphatic rings. The first-order valence-corrected chi connectivity index (χ1v) is 5.71. The van der Waals surface area contributed by atoms with E-state index in [2.05, 4.69) is 16.9 Å². The molecule has 16 heavy (non-hydrogen) atoms. The van der Waals surface area contributed by atoms with Crippen LogP contribution in [0.25, 0.3) is 0 Å². The predicted octanol–water partition coefficient (Wildman–Crippen LogP) is 2.08. The van der Waals surface area contributed by atoms with Crippen LogP contribution in [-0.4, -0.2) is 36.1 Å². The summed E-state index contributed by atoms with van der Waals surface area (Å²) in [6, 6.07) is 5.21. The minimum atomic E-state index is -0.490. The normalized spacial score (nSPS) is 21.2. The third kappa shape index (κ3) is 2.92. The van der Waals surface area contributed by atoms with Gasteiger partial charge in [0.05, 0.1) is 6.61 Å². The first-order chi connectivity index (χ1) is 7.75. The van der Waals surface area contributed by atoms with Crippen molar-refractivity contribution in [1.82, 2.24) is 9.88 Å². The standard InChI is InChI=1S/C12H17FN2O/c1-15-8-3-4-10(15)7-9-16-12-6-2-5-11(13)14-12/h2,5-6,10H,3-4,7-9H2,1H3. The molecule has 0 spiro atoms. The monoisotopic (exact) mass is 224 g/mol. The highest BCUT2D eigenvalue weighted by molar-refractivity contribution is 5.10. The van der Waals surface area contributed by atoms with E-state index in [-0.39, 0.29) is 0 Å². The zero-order valence-corrected chi connectivity index (χ0v) is 9.53. The zero-order valence-electron chi connectivity index (χ0n) is 9.53. The average Bonchev–Trinajstić information content (AvgIpc) is 2.65. The molecular weight excluding hydrogens is 207 g/mol. The summed E-state index contributed by atoms with van der Waals surface area (Å²) in [7, 11) is 2.14. The molecule has 1 fully saturated rings. The summed E-state index contributed by atoms with van der Waals surface area (Å²) in [6.07, 6.45) is 3.48. The SMILES string of the molecule is CN1CCCC1CCOc1cccc(F)n1. The van der Waals surface area contributed by atoms with Crippen LogP contribution < -0.4 is 4.74 Å². The largest absolute Gasteiger partial charge is 0.478 e. The van der Waals surface area contributed by atoms with Crippen molar-refractivity contribution in [2.75, 3.05) is 20.2 Å². The van der Waals surface area contributed by atoms with Gasteiger partial charge in [-0.25, -0.2) is 0 Å². The molecule has 0 aliphatic carbocycles. The van der Waals surface area contributed by atoms with E-state index >= 15 is 0 Å². The van der Waals surface area contributed by atoms with Crippen molar-refractivity contribution in [3.05, 3.63) is 24.1 Å². The molecule has 0 amide bonds. The molecule has 1 aliphatic heterocycles. The maximum atomic E-state index is 12.8. The molecule has 1 atom stereocenters. The Morgan fingerprint density at radius 3 is 3.12 bits per heavy atom. The van der Waals surface area contributed by atoms with E-state index in [0.717, 1.165) is 6.42 Å². The number of nitrogens with zero attached hydrogens (tertiary/aromatic N) is 2. The van der Waals surface area contributed by atoms with E-state index in [4.69, 9.17) is 4.74 Å². The summed E-state index contributed by atoms with van der Waals surface area (Å²) in [5.41, 5.74) is 0. The number of pyridine rings is 1. The van der Waals surface area contributed by atoms with Crippen molar-refractivity contribution in [2.24, 2.45) is 0 Å². The highest BCUT2D eigenvalue weighted by Gasteiger charge is 2.20. The molecule has 88 valence electrons. The second kappa shape index (κ2) is 5.25. The minimum absolute atomic E-state index is 0.376. The van der Waals surface area contributed by atoms with Gasteiger partial charge in [-0.15, -0.1) is 0 Å². The third-order valence-electron chi connectivity index (χ3n) is 3.06. The van der Waals surface area contributed by atoms with Gasteiger partial charge in [0.1, 0.15) is 0 Å². The van der Waals surface area contributed by atoms with E-state index in [0.29, 0.717) is 18.5 Å². The fourth-order valence-corrected chi connectivity index (χ4v) is 2.11. The predicted molar refractivity (Wildman–Crippen MR) is 60.0 cm³/mol. The fourth-order valence-electron chi connectivity index (χ4n) is 2.11. The molecule has 0 bridgehead atoms. The molecule has 2 heterocycles. The van der Waals surface area contributed by atoms with E-state index in [9.17, 15) is 4.39 Å². The van der Waals surface area contributed by atoms with Crippen LogP contribution in [0.2, 0.25) is 0 Å². The highest BCUT2D eigenvalue weighted by Crippen LogP contribution is 2.18. The number of likely N-dealkylation sites (tertiary alicyclic amines) is 1. The van der Waals surface area contributed by atoms with E-state index in [1.54, 1.807) is 12.1 Å². The third-order valence-corrected chi connectivity index (χ3v) is 3.06. The lowest BCUT2D eigenvalue weighted by Crippen LogP contribution is -2.26. The molecule has 2 rings (SSSR count). The quantitative estimate of drug-likeness (QED) is 0.732. The maximum absolute atomic E-state index is 12.8. The lowest BCUT2D eigenvalue weighted by molar-refractivity contribution is 0.227. The van der Waals surface area contributed by atoms with Crippen molar-refractivity contribution >= 4 is 0 Å². The number of rotatable bonds is 4. The Labute approximate surface area is 95.2 Å². The van der Waals surface area contributed by atoms with Crippen LogP contribution in [-0.2, 0) is 0 Å². The molecule has 0 saturated carbocycles. The number of ether oxygens (including phenoxy) is 1. The molecule has 1 saturated heterocycles. The van der Waals surface area contributed by atoms with Crippen molar-refractivity contribution in [3.63, 3.8) is 0 Å². The van der Waals surface area contributed by atoms with Crippen LogP contribution >= 0.6 is 0 Å². The topological polar surface area (TPSA) is 25.4 Å². The van der Waals surface area contributed by atoms with Gasteiger partial charge < -0.3 is 9.64 Å². The first-order valence-electron chi connectivity index (χ1n) is 5.71. The lowest BCUT2D eigenvalue weighted by atomic mass is 10.1. The van der Waals surface area contributed by atoms with Crippen molar-refractivity contribution in [3.8, 4) is 5.88 Å². The summed E-state index contributed by atoms with van der Waals surface area (Å²) in [5, 5.41) is 0. The second-order valence-electron chi connectivity index (χ2n) is 4.21. The Morgan fingerprint density at radius 2 is 2.44 bits per heavy atom. The molecule has 0 aromatic carbocycles. The van der Waals surface area contributed by atoms with E-state index < -0.39 is 5.95 Å². The van der Waals surface area contributed by atoms with E-state index in [1.807, 2.05) is 0 Å². The van der Waals surface area contributed by atoms with E-state index in [1.165, 1.54) is 25.5 Å². The van der Waals surface area contributed by atoms with Gasteiger partial charge in [0, 0.05) is 12.1 Å². The molecule has 1 unspecified atom stereocenters.